The normalized spacial score (nSPS) is 12.1. The van der Waals surface area contributed by atoms with Crippen LogP contribution in [0, 0.1) is 0 Å². The Balaban J connectivity index is 0.000000582. The third-order valence-electron chi connectivity index (χ3n) is 5.22. The average molecular weight is 458 g/mol. The highest BCUT2D eigenvalue weighted by Crippen LogP contribution is 2.35. The van der Waals surface area contributed by atoms with Crippen molar-refractivity contribution in [2.24, 2.45) is 0 Å². The molecule has 0 heterocycles. The minimum Gasteiger partial charge on any atom is -0.508 e. The Hall–Kier alpha value is -3.16. The summed E-state index contributed by atoms with van der Waals surface area (Å²) in [5, 5.41) is 35.6. The lowest BCUT2D eigenvalue weighted by Crippen LogP contribution is -2.38. The number of carboxylic acids is 2. The van der Waals surface area contributed by atoms with E-state index in [4.69, 9.17) is 10.2 Å². The number of phenols is 1. The van der Waals surface area contributed by atoms with E-state index in [2.05, 4.69) is 44.7 Å². The van der Waals surface area contributed by atoms with Crippen LogP contribution < -0.4 is 0 Å². The summed E-state index contributed by atoms with van der Waals surface area (Å²) in [5.41, 5.74) is 2.92. The number of hydrogen-bond acceptors (Lipinski definition) is 5. The van der Waals surface area contributed by atoms with Crippen LogP contribution in [0.25, 0.3) is 0 Å². The van der Waals surface area contributed by atoms with Crippen molar-refractivity contribution >= 4 is 11.9 Å². The van der Waals surface area contributed by atoms with Gasteiger partial charge in [-0.15, -0.1) is 0 Å². The fraction of sp³-hybridized carbons (Fsp3) is 0.385. The maximum absolute atomic E-state index is 10.5. The first-order valence-electron chi connectivity index (χ1n) is 10.9. The van der Waals surface area contributed by atoms with Crippen LogP contribution in [0.5, 0.6) is 5.75 Å². The molecule has 180 valence electrons. The van der Waals surface area contributed by atoms with Crippen molar-refractivity contribution in [3.8, 4) is 5.75 Å². The molecule has 2 rings (SSSR count). The summed E-state index contributed by atoms with van der Waals surface area (Å²) in [6.45, 7) is 9.84. The van der Waals surface area contributed by atoms with Crippen molar-refractivity contribution in [1.82, 2.24) is 4.90 Å². The lowest BCUT2D eigenvalue weighted by Gasteiger charge is -2.32. The van der Waals surface area contributed by atoms with E-state index in [1.165, 1.54) is 5.56 Å². The van der Waals surface area contributed by atoms with Gasteiger partial charge in [0.05, 0.1) is 6.61 Å². The number of rotatable bonds is 10. The number of aliphatic hydroxyl groups excluding tert-OH is 1. The van der Waals surface area contributed by atoms with Crippen molar-refractivity contribution in [3.05, 3.63) is 77.4 Å². The molecule has 0 aliphatic heterocycles. The molecule has 7 heteroatoms. The van der Waals surface area contributed by atoms with E-state index in [1.54, 1.807) is 12.1 Å². The minimum atomic E-state index is -1.26. The van der Waals surface area contributed by atoms with E-state index < -0.39 is 11.9 Å². The van der Waals surface area contributed by atoms with Gasteiger partial charge in [-0.05, 0) is 63.9 Å². The zero-order valence-corrected chi connectivity index (χ0v) is 19.7. The molecule has 7 nitrogen and oxygen atoms in total. The van der Waals surface area contributed by atoms with Crippen molar-refractivity contribution < 1.29 is 30.0 Å². The molecule has 0 aliphatic rings. The highest BCUT2D eigenvalue weighted by atomic mass is 16.4. The molecule has 0 spiro atoms. The molecule has 0 radical (unpaired) electrons. The predicted octanol–water partition coefficient (Wildman–Crippen LogP) is 4.24. The first-order valence-corrected chi connectivity index (χ1v) is 10.9. The lowest BCUT2D eigenvalue weighted by molar-refractivity contribution is -0.134. The first-order chi connectivity index (χ1) is 15.6. The van der Waals surface area contributed by atoms with Gasteiger partial charge in [0, 0.05) is 35.7 Å². The molecule has 0 saturated carbocycles. The first kappa shape index (κ1) is 27.9. The van der Waals surface area contributed by atoms with Crippen LogP contribution in [0.4, 0.5) is 0 Å². The summed E-state index contributed by atoms with van der Waals surface area (Å²) in [6.07, 6.45) is 2.04. The van der Waals surface area contributed by atoms with Gasteiger partial charge < -0.3 is 20.4 Å². The standard InChI is InChI=1S/C22H31NO2.C4H4O4/c1-16(2)23(17(3)4)13-12-20(19-8-6-5-7-9-19)21-14-18(15-24)10-11-22(21)25;5-3(6)1-2-4(7)8/h5-11,14,16-17,20,24-25H,12-13,15H2,1-4H3;1-2H,(H,5,6)(H,7,8)/b;2-1-/t20-;/m1./s1. The number of hydrogen-bond donors (Lipinski definition) is 4. The van der Waals surface area contributed by atoms with E-state index in [9.17, 15) is 19.8 Å². The molecule has 0 saturated heterocycles. The number of aromatic hydroxyl groups is 1. The average Bonchev–Trinajstić information content (AvgIpc) is 2.76. The predicted molar refractivity (Wildman–Crippen MR) is 128 cm³/mol. The molecule has 0 amide bonds. The van der Waals surface area contributed by atoms with Gasteiger partial charge in [0.25, 0.3) is 0 Å². The zero-order chi connectivity index (χ0) is 25.0. The van der Waals surface area contributed by atoms with Crippen molar-refractivity contribution in [2.75, 3.05) is 6.54 Å². The van der Waals surface area contributed by atoms with Gasteiger partial charge in [-0.2, -0.15) is 0 Å². The number of phenolic OH excluding ortho intramolecular Hbond substituents is 1. The molecule has 4 N–H and O–H groups in total. The largest absolute Gasteiger partial charge is 0.508 e. The van der Waals surface area contributed by atoms with Crippen LogP contribution in [0.3, 0.4) is 0 Å². The molecule has 33 heavy (non-hydrogen) atoms. The van der Waals surface area contributed by atoms with Gasteiger partial charge in [0.2, 0.25) is 0 Å². The van der Waals surface area contributed by atoms with Gasteiger partial charge >= 0.3 is 11.9 Å². The number of carboxylic acid groups (broad SMARTS) is 2. The Labute approximate surface area is 195 Å². The third-order valence-corrected chi connectivity index (χ3v) is 5.22. The highest BCUT2D eigenvalue weighted by Gasteiger charge is 2.21. The van der Waals surface area contributed by atoms with E-state index in [0.29, 0.717) is 30.0 Å². The molecule has 1 atom stereocenters. The molecule has 2 aromatic rings. The second kappa shape index (κ2) is 14.1. The molecule has 0 aromatic heterocycles. The van der Waals surface area contributed by atoms with E-state index in [1.807, 2.05) is 24.3 Å². The van der Waals surface area contributed by atoms with Crippen LogP contribution in [-0.2, 0) is 16.2 Å². The SMILES string of the molecule is CC(C)N(CC[C@H](c1ccccc1)c1cc(CO)ccc1O)C(C)C.O=C(O)/C=C\C(=O)O. The lowest BCUT2D eigenvalue weighted by atomic mass is 9.86. The summed E-state index contributed by atoms with van der Waals surface area (Å²) >= 11 is 0. The van der Waals surface area contributed by atoms with E-state index >= 15 is 0 Å². The molecular weight excluding hydrogens is 422 g/mol. The van der Waals surface area contributed by atoms with Crippen LogP contribution >= 0.6 is 0 Å². The Morgan fingerprint density at radius 3 is 1.91 bits per heavy atom. The van der Waals surface area contributed by atoms with Crippen molar-refractivity contribution in [2.45, 2.75) is 58.7 Å². The molecule has 0 fully saturated rings. The van der Waals surface area contributed by atoms with E-state index in [0.717, 1.165) is 24.1 Å². The minimum absolute atomic E-state index is 0.0150. The fourth-order valence-electron chi connectivity index (χ4n) is 3.70. The fourth-order valence-corrected chi connectivity index (χ4v) is 3.70. The molecular formula is C26H35NO6. The molecule has 2 aromatic carbocycles. The monoisotopic (exact) mass is 457 g/mol. The van der Waals surface area contributed by atoms with E-state index in [-0.39, 0.29) is 12.5 Å². The second-order valence-electron chi connectivity index (χ2n) is 8.24. The van der Waals surface area contributed by atoms with Gasteiger partial charge in [0.15, 0.2) is 0 Å². The summed E-state index contributed by atoms with van der Waals surface area (Å²) in [5.74, 6) is -2.11. The summed E-state index contributed by atoms with van der Waals surface area (Å²) < 4.78 is 0. The molecule has 0 bridgehead atoms. The molecule has 0 unspecified atom stereocenters. The maximum Gasteiger partial charge on any atom is 0.328 e. The molecule has 0 aliphatic carbocycles. The van der Waals surface area contributed by atoms with Crippen LogP contribution in [0.2, 0.25) is 0 Å². The van der Waals surface area contributed by atoms with Crippen LogP contribution in [-0.4, -0.2) is 55.9 Å². The van der Waals surface area contributed by atoms with Gasteiger partial charge in [-0.1, -0.05) is 36.4 Å². The number of aliphatic hydroxyl groups is 1. The topological polar surface area (TPSA) is 118 Å². The quantitative estimate of drug-likeness (QED) is 0.394. The Bertz CT molecular complexity index is 884. The van der Waals surface area contributed by atoms with Gasteiger partial charge in [-0.3, -0.25) is 4.90 Å². The maximum atomic E-state index is 10.5. The Morgan fingerprint density at radius 2 is 1.45 bits per heavy atom. The number of benzene rings is 2. The summed E-state index contributed by atoms with van der Waals surface area (Å²) in [7, 11) is 0. The second-order valence-corrected chi connectivity index (χ2v) is 8.24. The summed E-state index contributed by atoms with van der Waals surface area (Å²) in [4.78, 5) is 21.6. The van der Waals surface area contributed by atoms with Crippen molar-refractivity contribution in [3.63, 3.8) is 0 Å². The van der Waals surface area contributed by atoms with Gasteiger partial charge in [-0.25, -0.2) is 9.59 Å². The van der Waals surface area contributed by atoms with Crippen molar-refractivity contribution in [1.29, 1.82) is 0 Å². The zero-order valence-electron chi connectivity index (χ0n) is 19.7. The van der Waals surface area contributed by atoms with Crippen LogP contribution in [0.15, 0.2) is 60.7 Å². The number of carbonyl (C=O) groups is 2. The number of aliphatic carboxylic acids is 2. The number of nitrogens with zero attached hydrogens (tertiary/aromatic N) is 1. The highest BCUT2D eigenvalue weighted by molar-refractivity contribution is 5.89. The smallest absolute Gasteiger partial charge is 0.328 e. The summed E-state index contributed by atoms with van der Waals surface area (Å²) in [6, 6.07) is 16.7. The van der Waals surface area contributed by atoms with Gasteiger partial charge in [0.1, 0.15) is 5.75 Å². The Morgan fingerprint density at radius 1 is 0.909 bits per heavy atom. The van der Waals surface area contributed by atoms with Crippen LogP contribution in [0.1, 0.15) is 56.7 Å². The Kier molecular flexibility index (Phi) is 11.9. The third kappa shape index (κ3) is 9.89.